The normalized spacial score (nSPS) is 15.3. The summed E-state index contributed by atoms with van der Waals surface area (Å²) in [5.74, 6) is -0.0832. The van der Waals surface area contributed by atoms with Gasteiger partial charge in [-0.3, -0.25) is 9.58 Å². The van der Waals surface area contributed by atoms with E-state index in [4.69, 9.17) is 0 Å². The van der Waals surface area contributed by atoms with Crippen molar-refractivity contribution in [1.29, 1.82) is 0 Å². The van der Waals surface area contributed by atoms with Gasteiger partial charge in [-0.15, -0.1) is 0 Å². The molecular weight excluding hydrogens is 332 g/mol. The predicted octanol–water partition coefficient (Wildman–Crippen LogP) is 1.54. The zero-order valence-electron chi connectivity index (χ0n) is 15.2. The average Bonchev–Trinajstić information content (AvgIpc) is 3.10. The van der Waals surface area contributed by atoms with Gasteiger partial charge in [0.15, 0.2) is 0 Å². The summed E-state index contributed by atoms with van der Waals surface area (Å²) in [6.45, 7) is 7.68. The molecule has 8 nitrogen and oxygen atoms in total. The van der Waals surface area contributed by atoms with Crippen LogP contribution in [0.2, 0.25) is 0 Å². The highest BCUT2D eigenvalue weighted by molar-refractivity contribution is 5.88. The summed E-state index contributed by atoms with van der Waals surface area (Å²) in [7, 11) is 0. The Labute approximate surface area is 153 Å². The Bertz CT molecular complexity index is 710. The number of nitrogens with zero attached hydrogens (tertiary/aromatic N) is 6. The molecule has 0 aliphatic carbocycles. The van der Waals surface area contributed by atoms with Gasteiger partial charge >= 0.3 is 5.97 Å². The molecule has 1 saturated heterocycles. The molecule has 0 bridgehead atoms. The summed E-state index contributed by atoms with van der Waals surface area (Å²) in [6.07, 6.45) is 7.93. The third-order valence-corrected chi connectivity index (χ3v) is 4.72. The van der Waals surface area contributed by atoms with Crippen LogP contribution in [0, 0.1) is 0 Å². The number of aromatic carboxylic acids is 1. The van der Waals surface area contributed by atoms with Gasteiger partial charge in [-0.1, -0.05) is 6.92 Å². The molecule has 1 fully saturated rings. The monoisotopic (exact) mass is 358 g/mol. The molecule has 0 spiro atoms. The van der Waals surface area contributed by atoms with E-state index in [1.54, 1.807) is 23.3 Å². The topological polar surface area (TPSA) is 87.4 Å². The zero-order valence-corrected chi connectivity index (χ0v) is 15.2. The Morgan fingerprint density at radius 3 is 2.42 bits per heavy atom. The van der Waals surface area contributed by atoms with Gasteiger partial charge < -0.3 is 10.0 Å². The number of rotatable bonds is 8. The van der Waals surface area contributed by atoms with Crippen LogP contribution < -0.4 is 4.90 Å². The summed E-state index contributed by atoms with van der Waals surface area (Å²) in [5.41, 5.74) is 0.989. The van der Waals surface area contributed by atoms with Crippen LogP contribution in [0.3, 0.4) is 0 Å². The number of piperazine rings is 1. The standard InChI is InChI=1S/C18H26N6O2/c1-2-16-15(17(25)26)14-24(21-16)9-4-3-8-22-10-12-23(13-11-22)18-19-6-5-7-20-18/h5-7,14H,2-4,8-13H2,1H3,(H,25,26). The maximum Gasteiger partial charge on any atom is 0.339 e. The Morgan fingerprint density at radius 2 is 1.81 bits per heavy atom. The molecule has 26 heavy (non-hydrogen) atoms. The Morgan fingerprint density at radius 1 is 1.12 bits per heavy atom. The molecule has 2 aromatic heterocycles. The molecule has 1 aliphatic heterocycles. The highest BCUT2D eigenvalue weighted by Gasteiger charge is 2.18. The molecule has 0 unspecified atom stereocenters. The second kappa shape index (κ2) is 8.75. The first-order chi connectivity index (χ1) is 12.7. The molecule has 3 heterocycles. The number of carboxylic acids is 1. The van der Waals surface area contributed by atoms with Crippen LogP contribution in [-0.2, 0) is 13.0 Å². The van der Waals surface area contributed by atoms with Crippen LogP contribution in [-0.4, -0.2) is 68.4 Å². The van der Waals surface area contributed by atoms with E-state index in [2.05, 4.69) is 24.9 Å². The third-order valence-electron chi connectivity index (χ3n) is 4.72. The van der Waals surface area contributed by atoms with Gasteiger partial charge in [-0.25, -0.2) is 14.8 Å². The second-order valence-corrected chi connectivity index (χ2v) is 6.50. The molecule has 0 aromatic carbocycles. The van der Waals surface area contributed by atoms with Crippen molar-refractivity contribution in [3.8, 4) is 0 Å². The van der Waals surface area contributed by atoms with E-state index in [0.717, 1.165) is 58.1 Å². The van der Waals surface area contributed by atoms with Crippen LogP contribution in [0.5, 0.6) is 0 Å². The number of hydrogen-bond donors (Lipinski definition) is 1. The SMILES string of the molecule is CCc1nn(CCCCN2CCN(c3ncccn3)CC2)cc1C(=O)O. The summed E-state index contributed by atoms with van der Waals surface area (Å²) in [4.78, 5) is 24.5. The first-order valence-electron chi connectivity index (χ1n) is 9.21. The van der Waals surface area contributed by atoms with Crippen molar-refractivity contribution in [2.75, 3.05) is 37.6 Å². The zero-order chi connectivity index (χ0) is 18.4. The number of carbonyl (C=O) groups is 1. The van der Waals surface area contributed by atoms with Crippen LogP contribution >= 0.6 is 0 Å². The van der Waals surface area contributed by atoms with Crippen LogP contribution in [0.4, 0.5) is 5.95 Å². The van der Waals surface area contributed by atoms with Crippen LogP contribution in [0.1, 0.15) is 35.8 Å². The molecule has 2 aromatic rings. The molecule has 3 rings (SSSR count). The number of aryl methyl sites for hydroxylation is 2. The van der Waals surface area contributed by atoms with Crippen molar-refractivity contribution in [1.82, 2.24) is 24.6 Å². The predicted molar refractivity (Wildman–Crippen MR) is 98.5 cm³/mol. The second-order valence-electron chi connectivity index (χ2n) is 6.50. The minimum Gasteiger partial charge on any atom is -0.478 e. The fourth-order valence-corrected chi connectivity index (χ4v) is 3.25. The maximum absolute atomic E-state index is 11.2. The third kappa shape index (κ3) is 4.57. The molecule has 8 heteroatoms. The van der Waals surface area contributed by atoms with E-state index in [-0.39, 0.29) is 0 Å². The lowest BCUT2D eigenvalue weighted by atomic mass is 10.2. The summed E-state index contributed by atoms with van der Waals surface area (Å²) >= 11 is 0. The van der Waals surface area contributed by atoms with E-state index in [1.807, 2.05) is 13.0 Å². The summed E-state index contributed by atoms with van der Waals surface area (Å²) in [5, 5.41) is 13.6. The average molecular weight is 358 g/mol. The van der Waals surface area contributed by atoms with Crippen molar-refractivity contribution >= 4 is 11.9 Å². The molecule has 0 amide bonds. The summed E-state index contributed by atoms with van der Waals surface area (Å²) < 4.78 is 1.77. The van der Waals surface area contributed by atoms with Crippen LogP contribution in [0.25, 0.3) is 0 Å². The van der Waals surface area contributed by atoms with Gasteiger partial charge in [0.05, 0.1) is 5.69 Å². The number of aromatic nitrogens is 4. The Kier molecular flexibility index (Phi) is 6.17. The fourth-order valence-electron chi connectivity index (χ4n) is 3.25. The molecule has 1 aliphatic rings. The van der Waals surface area contributed by atoms with Gasteiger partial charge in [0.25, 0.3) is 0 Å². The Balaban J connectivity index is 1.38. The quantitative estimate of drug-likeness (QED) is 0.716. The number of hydrogen-bond acceptors (Lipinski definition) is 6. The van der Waals surface area contributed by atoms with E-state index >= 15 is 0 Å². The van der Waals surface area contributed by atoms with E-state index < -0.39 is 5.97 Å². The van der Waals surface area contributed by atoms with Crippen molar-refractivity contribution in [3.63, 3.8) is 0 Å². The number of anilines is 1. The number of carboxylic acid groups (broad SMARTS) is 1. The van der Waals surface area contributed by atoms with E-state index in [1.165, 1.54) is 0 Å². The molecule has 0 radical (unpaired) electrons. The van der Waals surface area contributed by atoms with Crippen molar-refractivity contribution in [2.45, 2.75) is 32.7 Å². The van der Waals surface area contributed by atoms with Crippen molar-refractivity contribution < 1.29 is 9.90 Å². The Hall–Kier alpha value is -2.48. The largest absolute Gasteiger partial charge is 0.478 e. The highest BCUT2D eigenvalue weighted by Crippen LogP contribution is 2.11. The van der Waals surface area contributed by atoms with Gasteiger partial charge in [-0.05, 0) is 31.9 Å². The van der Waals surface area contributed by atoms with Gasteiger partial charge in [0, 0.05) is 51.3 Å². The van der Waals surface area contributed by atoms with Gasteiger partial charge in [0.2, 0.25) is 5.95 Å². The molecule has 1 N–H and O–H groups in total. The minimum absolute atomic E-state index is 0.326. The molecule has 140 valence electrons. The first-order valence-corrected chi connectivity index (χ1v) is 9.21. The van der Waals surface area contributed by atoms with E-state index in [0.29, 0.717) is 17.7 Å². The molecule has 0 atom stereocenters. The lowest BCUT2D eigenvalue weighted by molar-refractivity contribution is 0.0695. The molecule has 0 saturated carbocycles. The van der Waals surface area contributed by atoms with E-state index in [9.17, 15) is 9.90 Å². The first kappa shape index (κ1) is 18.3. The van der Waals surface area contributed by atoms with Crippen molar-refractivity contribution in [3.05, 3.63) is 35.9 Å². The van der Waals surface area contributed by atoms with Gasteiger partial charge in [-0.2, -0.15) is 5.10 Å². The smallest absolute Gasteiger partial charge is 0.339 e. The molecular formula is C18H26N6O2. The summed E-state index contributed by atoms with van der Waals surface area (Å²) in [6, 6.07) is 1.84. The van der Waals surface area contributed by atoms with Crippen LogP contribution in [0.15, 0.2) is 24.7 Å². The van der Waals surface area contributed by atoms with Crippen molar-refractivity contribution in [2.24, 2.45) is 0 Å². The lowest BCUT2D eigenvalue weighted by Crippen LogP contribution is -2.47. The lowest BCUT2D eigenvalue weighted by Gasteiger charge is -2.34. The van der Waals surface area contributed by atoms with Gasteiger partial charge in [0.1, 0.15) is 5.56 Å². The number of unbranched alkanes of at least 4 members (excludes halogenated alkanes) is 1. The minimum atomic E-state index is -0.895. The fraction of sp³-hybridized carbons (Fsp3) is 0.556. The highest BCUT2D eigenvalue weighted by atomic mass is 16.4. The maximum atomic E-state index is 11.2.